The molecule has 0 spiro atoms. The lowest BCUT2D eigenvalue weighted by Gasteiger charge is -2.20. The lowest BCUT2D eigenvalue weighted by molar-refractivity contribution is 0.0509. The predicted octanol–water partition coefficient (Wildman–Crippen LogP) is 5.73. The molecular weight excluding hydrogens is 737 g/mol. The van der Waals surface area contributed by atoms with Gasteiger partial charge in [-0.05, 0) is 57.9 Å². The van der Waals surface area contributed by atoms with Crippen LogP contribution >= 0.6 is 11.8 Å². The number of aromatic nitrogens is 2. The topological polar surface area (TPSA) is 149 Å². The van der Waals surface area contributed by atoms with E-state index < -0.39 is 78.3 Å². The molecule has 280 valence electrons. The highest BCUT2D eigenvalue weighted by atomic mass is 32.2. The minimum atomic E-state index is -4.10. The van der Waals surface area contributed by atoms with Gasteiger partial charge in [-0.25, -0.2) is 26.8 Å². The van der Waals surface area contributed by atoms with Crippen LogP contribution in [0, 0.1) is 23.3 Å². The van der Waals surface area contributed by atoms with Gasteiger partial charge in [-0.3, -0.25) is 9.59 Å². The predicted molar refractivity (Wildman–Crippen MR) is 183 cm³/mol. The van der Waals surface area contributed by atoms with Crippen molar-refractivity contribution in [1.82, 2.24) is 9.13 Å². The van der Waals surface area contributed by atoms with Crippen molar-refractivity contribution in [3.63, 3.8) is 0 Å². The molecule has 4 aromatic rings. The summed E-state index contributed by atoms with van der Waals surface area (Å²) in [5.41, 5.74) is -2.64. The molecule has 0 N–H and O–H groups in total. The molecule has 2 aliphatic carbocycles. The molecule has 2 heterocycles. The van der Waals surface area contributed by atoms with Crippen LogP contribution in [-0.2, 0) is 19.3 Å². The zero-order valence-corrected chi connectivity index (χ0v) is 30.5. The van der Waals surface area contributed by atoms with Crippen LogP contribution in [0.5, 0.6) is 11.5 Å². The monoisotopic (exact) mass is 770 g/mol. The second kappa shape index (κ2) is 14.8. The van der Waals surface area contributed by atoms with Crippen molar-refractivity contribution in [2.75, 3.05) is 39.9 Å². The second-order valence-corrected chi connectivity index (χ2v) is 14.6. The van der Waals surface area contributed by atoms with E-state index in [2.05, 4.69) is 0 Å². The van der Waals surface area contributed by atoms with E-state index in [0.29, 0.717) is 23.9 Å². The zero-order valence-electron chi connectivity index (χ0n) is 28.9. The number of nitrogens with zero attached hydrogens (tertiary/aromatic N) is 2. The van der Waals surface area contributed by atoms with Crippen molar-refractivity contribution in [1.29, 1.82) is 0 Å². The summed E-state index contributed by atoms with van der Waals surface area (Å²) in [5.74, 6) is -7.86. The highest BCUT2D eigenvalue weighted by Gasteiger charge is 2.38. The molecule has 0 radical (unpaired) electrons. The number of methoxy groups -OCH3 is 2. The van der Waals surface area contributed by atoms with E-state index >= 15 is 0 Å². The number of carbonyl (C=O) groups excluding carboxylic acids is 2. The van der Waals surface area contributed by atoms with Gasteiger partial charge in [-0.15, -0.1) is 11.8 Å². The molecule has 2 aromatic carbocycles. The first-order valence-corrected chi connectivity index (χ1v) is 19.1. The van der Waals surface area contributed by atoms with Crippen molar-refractivity contribution in [2.24, 2.45) is 0 Å². The zero-order chi connectivity index (χ0) is 38.4. The molecule has 2 aliphatic rings. The first-order chi connectivity index (χ1) is 24.6. The Morgan fingerprint density at radius 3 is 1.56 bits per heavy atom. The lowest BCUT2D eigenvalue weighted by Crippen LogP contribution is -2.28. The molecule has 6 rings (SSSR count). The summed E-state index contributed by atoms with van der Waals surface area (Å²) in [6.45, 7) is 3.14. The first-order valence-electron chi connectivity index (χ1n) is 16.0. The summed E-state index contributed by atoms with van der Waals surface area (Å²) in [5, 5.41) is -0.648. The number of pyridine rings is 2. The summed E-state index contributed by atoms with van der Waals surface area (Å²) >= 11 is 1.19. The Balaban J connectivity index is 0.000000202. The van der Waals surface area contributed by atoms with Gasteiger partial charge < -0.3 is 28.1 Å². The van der Waals surface area contributed by atoms with Gasteiger partial charge in [0, 0.05) is 18.3 Å². The molecule has 52 heavy (non-hydrogen) atoms. The summed E-state index contributed by atoms with van der Waals surface area (Å²) in [6, 6.07) is 1.06. The molecule has 18 heteroatoms. The largest absolute Gasteiger partial charge is 0.491 e. The van der Waals surface area contributed by atoms with Crippen molar-refractivity contribution in [3.05, 3.63) is 67.0 Å². The minimum Gasteiger partial charge on any atom is -0.491 e. The quantitative estimate of drug-likeness (QED) is 0.111. The van der Waals surface area contributed by atoms with E-state index in [0.717, 1.165) is 32.3 Å². The Hall–Kier alpha value is -4.58. The number of esters is 2. The van der Waals surface area contributed by atoms with E-state index in [1.165, 1.54) is 30.4 Å². The molecular formula is C34H34F4N2O10S2. The molecule has 2 aromatic heterocycles. The van der Waals surface area contributed by atoms with Crippen molar-refractivity contribution < 1.29 is 54.5 Å². The fourth-order valence-electron chi connectivity index (χ4n) is 5.98. The van der Waals surface area contributed by atoms with E-state index in [-0.39, 0.29) is 52.4 Å². The fourth-order valence-corrected chi connectivity index (χ4v) is 7.95. The summed E-state index contributed by atoms with van der Waals surface area (Å²) in [6.07, 6.45) is 5.28. The van der Waals surface area contributed by atoms with E-state index in [4.69, 9.17) is 18.9 Å². The summed E-state index contributed by atoms with van der Waals surface area (Å²) in [7, 11) is -1.80. The number of carbonyl (C=O) groups is 2. The Bertz CT molecular complexity index is 2370. The highest BCUT2D eigenvalue weighted by molar-refractivity contribution is 7.98. The Labute approximate surface area is 298 Å². The molecule has 2 fully saturated rings. The van der Waals surface area contributed by atoms with Crippen molar-refractivity contribution in [3.8, 4) is 11.5 Å². The standard InChI is InChI=1S/C17H17F2NO6S.C17H17F2NO4S/c1-4-26-17(22)11-14(21)9-7-10(18)12(19)15(25-2)13(9)20(8-5-6-8)16(11)27(3,23)24;1-4-24-17(22)11-14(21)9-7-10(18)12(19)15(23-2)13(9)20(8-5-6-8)16(11)25-3/h7-8H,4-6H2,1-3H3;7-8H,4-6H2,1-3H3. The Morgan fingerprint density at radius 2 is 1.17 bits per heavy atom. The van der Waals surface area contributed by atoms with Gasteiger partial charge in [0.2, 0.25) is 22.5 Å². The van der Waals surface area contributed by atoms with Crippen LogP contribution in [0.15, 0.2) is 31.8 Å². The van der Waals surface area contributed by atoms with Crippen LogP contribution in [0.25, 0.3) is 21.8 Å². The maximum atomic E-state index is 14.3. The van der Waals surface area contributed by atoms with Crippen LogP contribution in [0.3, 0.4) is 0 Å². The number of thioether (sulfide) groups is 1. The molecule has 0 amide bonds. The number of benzene rings is 2. The molecule has 0 atom stereocenters. The molecule has 2 saturated carbocycles. The number of rotatable bonds is 10. The molecule has 0 bridgehead atoms. The third kappa shape index (κ3) is 6.73. The SMILES string of the molecule is CCOC(=O)c1c(S(C)(=O)=O)n(C2CC2)c2c(OC)c(F)c(F)cc2c1=O.CCOC(=O)c1c(SC)n(C2CC2)c2c(OC)c(F)c(F)cc2c1=O. The van der Waals surface area contributed by atoms with E-state index in [9.17, 15) is 45.2 Å². The second-order valence-electron chi connectivity index (χ2n) is 11.8. The maximum Gasteiger partial charge on any atom is 0.345 e. The van der Waals surface area contributed by atoms with Gasteiger partial charge in [-0.2, -0.15) is 8.78 Å². The van der Waals surface area contributed by atoms with Crippen molar-refractivity contribution in [2.45, 2.75) is 61.7 Å². The fraction of sp³-hybridized carbons (Fsp3) is 0.412. The van der Waals surface area contributed by atoms with Gasteiger partial charge >= 0.3 is 11.9 Å². The molecule has 0 aliphatic heterocycles. The number of sulfone groups is 1. The number of hydrogen-bond acceptors (Lipinski definition) is 11. The number of hydrogen-bond donors (Lipinski definition) is 0. The number of halogens is 4. The average molecular weight is 771 g/mol. The molecule has 0 saturated heterocycles. The van der Waals surface area contributed by atoms with E-state index in [1.54, 1.807) is 17.7 Å². The minimum absolute atomic E-state index is 0.00233. The van der Waals surface area contributed by atoms with Crippen LogP contribution < -0.4 is 20.3 Å². The van der Waals surface area contributed by atoms with Crippen LogP contribution in [-0.4, -0.2) is 69.4 Å². The molecule has 0 unspecified atom stereocenters. The number of fused-ring (bicyclic) bond motifs is 2. The highest BCUT2D eigenvalue weighted by Crippen LogP contribution is 2.45. The Kier molecular flexibility index (Phi) is 11.0. The summed E-state index contributed by atoms with van der Waals surface area (Å²) < 4.78 is 104. The third-order valence-electron chi connectivity index (χ3n) is 8.33. The smallest absolute Gasteiger partial charge is 0.345 e. The van der Waals surface area contributed by atoms with Crippen LogP contribution in [0.4, 0.5) is 17.6 Å². The maximum absolute atomic E-state index is 14.3. The lowest BCUT2D eigenvalue weighted by atomic mass is 10.1. The van der Waals surface area contributed by atoms with Gasteiger partial charge in [0.15, 0.2) is 38.0 Å². The van der Waals surface area contributed by atoms with Gasteiger partial charge in [0.25, 0.3) is 0 Å². The first kappa shape index (κ1) is 38.6. The van der Waals surface area contributed by atoms with Crippen LogP contribution in [0.1, 0.15) is 72.3 Å². The normalized spacial score (nSPS) is 14.2. The van der Waals surface area contributed by atoms with Crippen molar-refractivity contribution >= 4 is 55.3 Å². The average Bonchev–Trinajstić information content (AvgIpc) is 4.02. The van der Waals surface area contributed by atoms with E-state index in [1.807, 2.05) is 0 Å². The number of ether oxygens (including phenoxy) is 4. The molecule has 12 nitrogen and oxygen atoms in total. The van der Waals surface area contributed by atoms with Gasteiger partial charge in [0.1, 0.15) is 11.1 Å². The van der Waals surface area contributed by atoms with Gasteiger partial charge in [-0.1, -0.05) is 0 Å². The Morgan fingerprint density at radius 1 is 0.769 bits per heavy atom. The summed E-state index contributed by atoms with van der Waals surface area (Å²) in [4.78, 5) is 50.5. The van der Waals surface area contributed by atoms with Crippen LogP contribution in [0.2, 0.25) is 0 Å². The third-order valence-corrected chi connectivity index (χ3v) is 10.2. The van der Waals surface area contributed by atoms with Gasteiger partial charge in [0.05, 0.1) is 54.3 Å².